The molecular weight excluding hydrogens is 359 g/mol. The molecule has 0 aliphatic carbocycles. The van der Waals surface area contributed by atoms with Gasteiger partial charge in [-0.15, -0.1) is 10.2 Å². The summed E-state index contributed by atoms with van der Waals surface area (Å²) >= 11 is 5.86. The smallest absolute Gasteiger partial charge is 0.247 e. The van der Waals surface area contributed by atoms with E-state index >= 15 is 0 Å². The first kappa shape index (κ1) is 16.4. The highest BCUT2D eigenvalue weighted by atomic mass is 35.5. The Morgan fingerprint density at radius 2 is 1.69 bits per heavy atom. The molecule has 2 heterocycles. The second-order valence-electron chi connectivity index (χ2n) is 5.50. The molecule has 26 heavy (non-hydrogen) atoms. The van der Waals surface area contributed by atoms with Crippen molar-refractivity contribution in [2.75, 3.05) is 0 Å². The van der Waals surface area contributed by atoms with E-state index in [0.717, 1.165) is 5.56 Å². The quantitative estimate of drug-likeness (QED) is 0.519. The van der Waals surface area contributed by atoms with Crippen molar-refractivity contribution in [3.63, 3.8) is 0 Å². The highest BCUT2D eigenvalue weighted by Crippen LogP contribution is 2.22. The zero-order valence-electron chi connectivity index (χ0n) is 13.4. The topological polar surface area (TPSA) is 77.8 Å². The van der Waals surface area contributed by atoms with Crippen molar-refractivity contribution in [2.45, 2.75) is 12.8 Å². The average molecular weight is 371 g/mol. The van der Waals surface area contributed by atoms with Crippen LogP contribution in [0.3, 0.4) is 0 Å². The summed E-state index contributed by atoms with van der Waals surface area (Å²) < 4.78 is 24.6. The lowest BCUT2D eigenvalue weighted by Crippen LogP contribution is -1.92. The van der Waals surface area contributed by atoms with Crippen molar-refractivity contribution < 1.29 is 13.3 Å². The van der Waals surface area contributed by atoms with E-state index in [1.54, 1.807) is 42.5 Å². The summed E-state index contributed by atoms with van der Waals surface area (Å²) in [6.45, 7) is 0. The normalized spacial score (nSPS) is 11.0. The molecule has 0 aliphatic heterocycles. The molecule has 4 aromatic rings. The van der Waals surface area contributed by atoms with Crippen LogP contribution < -0.4 is 0 Å². The molecule has 0 atom stereocenters. The van der Waals surface area contributed by atoms with Crippen molar-refractivity contribution >= 4 is 11.6 Å². The van der Waals surface area contributed by atoms with Crippen LogP contribution in [0, 0.1) is 5.82 Å². The van der Waals surface area contributed by atoms with Gasteiger partial charge in [-0.3, -0.25) is 0 Å². The molecule has 0 aliphatic rings. The number of hydrogen-bond donors (Lipinski definition) is 0. The Labute approximate surface area is 152 Å². The predicted molar refractivity (Wildman–Crippen MR) is 91.8 cm³/mol. The minimum Gasteiger partial charge on any atom is -0.421 e. The standard InChI is InChI=1S/C18H12ClFN4O2/c19-12-7-5-11(6-8-12)18-23-22-16(25-18)10-9-15-21-17(24-26-15)13-3-1-2-4-14(13)20/h1-8H,9-10H2. The molecule has 2 aromatic heterocycles. The molecule has 4 rings (SSSR count). The molecule has 0 saturated heterocycles. The third-order valence-electron chi connectivity index (χ3n) is 3.69. The van der Waals surface area contributed by atoms with Gasteiger partial charge >= 0.3 is 0 Å². The van der Waals surface area contributed by atoms with Gasteiger partial charge in [-0.05, 0) is 36.4 Å². The largest absolute Gasteiger partial charge is 0.421 e. The highest BCUT2D eigenvalue weighted by Gasteiger charge is 2.14. The third-order valence-corrected chi connectivity index (χ3v) is 3.95. The van der Waals surface area contributed by atoms with Crippen LogP contribution in [-0.2, 0) is 12.8 Å². The summed E-state index contributed by atoms with van der Waals surface area (Å²) in [5.41, 5.74) is 1.08. The second-order valence-corrected chi connectivity index (χ2v) is 5.94. The number of aryl methyl sites for hydroxylation is 2. The molecule has 0 unspecified atom stereocenters. The Hall–Kier alpha value is -3.06. The number of aromatic nitrogens is 4. The fraction of sp³-hybridized carbons (Fsp3) is 0.111. The maximum absolute atomic E-state index is 13.8. The van der Waals surface area contributed by atoms with Crippen LogP contribution in [-0.4, -0.2) is 20.3 Å². The summed E-state index contributed by atoms with van der Waals surface area (Å²) in [6.07, 6.45) is 0.837. The van der Waals surface area contributed by atoms with E-state index in [9.17, 15) is 4.39 Å². The Kier molecular flexibility index (Phi) is 4.45. The number of halogens is 2. The summed E-state index contributed by atoms with van der Waals surface area (Å²) in [7, 11) is 0. The number of hydrogen-bond acceptors (Lipinski definition) is 6. The van der Waals surface area contributed by atoms with Crippen LogP contribution >= 0.6 is 11.6 Å². The van der Waals surface area contributed by atoms with Crippen molar-refractivity contribution in [3.8, 4) is 22.8 Å². The highest BCUT2D eigenvalue weighted by molar-refractivity contribution is 6.30. The Bertz CT molecular complexity index is 1030. The van der Waals surface area contributed by atoms with E-state index in [2.05, 4.69) is 20.3 Å². The zero-order chi connectivity index (χ0) is 17.9. The molecule has 0 amide bonds. The molecule has 2 aromatic carbocycles. The molecule has 0 bridgehead atoms. The molecule has 0 spiro atoms. The van der Waals surface area contributed by atoms with E-state index in [1.165, 1.54) is 6.07 Å². The number of nitrogens with zero attached hydrogens (tertiary/aromatic N) is 4. The van der Waals surface area contributed by atoms with E-state index in [4.69, 9.17) is 20.5 Å². The fourth-order valence-electron chi connectivity index (χ4n) is 2.39. The summed E-state index contributed by atoms with van der Waals surface area (Å²) in [5.74, 6) is 1.04. The molecule has 0 saturated carbocycles. The lowest BCUT2D eigenvalue weighted by atomic mass is 10.2. The van der Waals surface area contributed by atoms with Gasteiger partial charge in [0.05, 0.1) is 5.56 Å². The molecule has 130 valence electrons. The van der Waals surface area contributed by atoms with Gasteiger partial charge in [0.2, 0.25) is 23.5 Å². The molecule has 0 N–H and O–H groups in total. The Balaban J connectivity index is 1.44. The van der Waals surface area contributed by atoms with Crippen molar-refractivity contribution in [1.29, 1.82) is 0 Å². The maximum Gasteiger partial charge on any atom is 0.247 e. The van der Waals surface area contributed by atoms with Crippen molar-refractivity contribution in [1.82, 2.24) is 20.3 Å². The first-order valence-corrected chi connectivity index (χ1v) is 8.22. The SMILES string of the molecule is Fc1ccccc1-c1noc(CCc2nnc(-c3ccc(Cl)cc3)o2)n1. The van der Waals surface area contributed by atoms with Gasteiger partial charge in [0.1, 0.15) is 5.82 Å². The van der Waals surface area contributed by atoms with Gasteiger partial charge in [0, 0.05) is 23.4 Å². The Morgan fingerprint density at radius 3 is 2.50 bits per heavy atom. The number of benzene rings is 2. The maximum atomic E-state index is 13.8. The predicted octanol–water partition coefficient (Wildman–Crippen LogP) is 4.36. The molecular formula is C18H12ClFN4O2. The lowest BCUT2D eigenvalue weighted by Gasteiger charge is -1.95. The minimum atomic E-state index is -0.399. The van der Waals surface area contributed by atoms with E-state index < -0.39 is 5.82 Å². The van der Waals surface area contributed by atoms with Crippen LogP contribution in [0.1, 0.15) is 11.8 Å². The van der Waals surface area contributed by atoms with Crippen LogP contribution in [0.4, 0.5) is 4.39 Å². The molecule has 0 fully saturated rings. The third kappa shape index (κ3) is 3.48. The van der Waals surface area contributed by atoms with Gasteiger partial charge < -0.3 is 8.94 Å². The average Bonchev–Trinajstić information content (AvgIpc) is 3.30. The van der Waals surface area contributed by atoms with Gasteiger partial charge in [-0.2, -0.15) is 4.98 Å². The van der Waals surface area contributed by atoms with Crippen LogP contribution in [0.2, 0.25) is 5.02 Å². The van der Waals surface area contributed by atoms with Gasteiger partial charge in [-0.1, -0.05) is 28.9 Å². The molecule has 0 radical (unpaired) electrons. The second kappa shape index (κ2) is 7.05. The zero-order valence-corrected chi connectivity index (χ0v) is 14.2. The molecule has 8 heteroatoms. The van der Waals surface area contributed by atoms with Crippen LogP contribution in [0.15, 0.2) is 57.5 Å². The summed E-state index contributed by atoms with van der Waals surface area (Å²) in [5, 5.41) is 12.5. The lowest BCUT2D eigenvalue weighted by molar-refractivity contribution is 0.373. The van der Waals surface area contributed by atoms with Gasteiger partial charge in [0.15, 0.2) is 0 Å². The van der Waals surface area contributed by atoms with Crippen molar-refractivity contribution in [3.05, 3.63) is 71.2 Å². The summed E-state index contributed by atoms with van der Waals surface area (Å²) in [6, 6.07) is 13.4. The fourth-order valence-corrected chi connectivity index (χ4v) is 2.51. The summed E-state index contributed by atoms with van der Waals surface area (Å²) in [4.78, 5) is 4.21. The van der Waals surface area contributed by atoms with Crippen LogP contribution in [0.25, 0.3) is 22.8 Å². The van der Waals surface area contributed by atoms with E-state index in [-0.39, 0.29) is 5.82 Å². The van der Waals surface area contributed by atoms with Crippen molar-refractivity contribution in [2.24, 2.45) is 0 Å². The number of rotatable bonds is 5. The monoisotopic (exact) mass is 370 g/mol. The Morgan fingerprint density at radius 1 is 0.923 bits per heavy atom. The first-order valence-electron chi connectivity index (χ1n) is 7.85. The first-order chi connectivity index (χ1) is 12.7. The van der Waals surface area contributed by atoms with E-state index in [0.29, 0.717) is 41.1 Å². The molecule has 6 nitrogen and oxygen atoms in total. The van der Waals surface area contributed by atoms with Crippen LogP contribution in [0.5, 0.6) is 0 Å². The minimum absolute atomic E-state index is 0.213. The van der Waals surface area contributed by atoms with Gasteiger partial charge in [0.25, 0.3) is 0 Å². The van der Waals surface area contributed by atoms with Gasteiger partial charge in [-0.25, -0.2) is 4.39 Å². The van der Waals surface area contributed by atoms with E-state index in [1.807, 2.05) is 0 Å².